The molecule has 1 heterocycles. The molecule has 0 bridgehead atoms. The number of hydrogen-bond donors (Lipinski definition) is 0. The van der Waals surface area contributed by atoms with Crippen LogP contribution < -0.4 is 4.90 Å². The Balaban J connectivity index is 1.99. The van der Waals surface area contributed by atoms with Crippen molar-refractivity contribution in [1.82, 2.24) is 0 Å². The number of rotatable bonds is 2. The quantitative estimate of drug-likeness (QED) is 0.602. The Hall–Kier alpha value is -1.90. The van der Waals surface area contributed by atoms with Crippen LogP contribution >= 0.6 is 0 Å². The summed E-state index contributed by atoms with van der Waals surface area (Å²) in [5.41, 5.74) is 0.696. The number of allylic oxidation sites excluding steroid dienone is 2. The van der Waals surface area contributed by atoms with Gasteiger partial charge >= 0.3 is 0 Å². The van der Waals surface area contributed by atoms with Gasteiger partial charge in [0.2, 0.25) is 11.8 Å². The molecular formula is C16H17NO2. The average Bonchev–Trinajstić information content (AvgIpc) is 2.72. The Morgan fingerprint density at radius 2 is 1.89 bits per heavy atom. The van der Waals surface area contributed by atoms with E-state index in [1.807, 2.05) is 30.3 Å². The third kappa shape index (κ3) is 1.81. The molecule has 3 nitrogen and oxygen atoms in total. The van der Waals surface area contributed by atoms with Crippen LogP contribution in [0.15, 0.2) is 42.5 Å². The summed E-state index contributed by atoms with van der Waals surface area (Å²) in [6.07, 6.45) is 5.74. The van der Waals surface area contributed by atoms with Gasteiger partial charge in [-0.05, 0) is 30.9 Å². The van der Waals surface area contributed by atoms with Crippen molar-refractivity contribution in [2.45, 2.75) is 19.8 Å². The molecule has 0 saturated carbocycles. The predicted octanol–water partition coefficient (Wildman–Crippen LogP) is 2.78. The summed E-state index contributed by atoms with van der Waals surface area (Å²) in [5, 5.41) is 0. The second-order valence-corrected chi connectivity index (χ2v) is 5.22. The van der Waals surface area contributed by atoms with Gasteiger partial charge in [0, 0.05) is 0 Å². The molecule has 1 aliphatic heterocycles. The van der Waals surface area contributed by atoms with Crippen LogP contribution in [0.25, 0.3) is 0 Å². The van der Waals surface area contributed by atoms with E-state index in [1.165, 1.54) is 4.90 Å². The summed E-state index contributed by atoms with van der Waals surface area (Å²) in [6.45, 7) is 2.07. The van der Waals surface area contributed by atoms with E-state index < -0.39 is 0 Å². The van der Waals surface area contributed by atoms with Gasteiger partial charge in [0.25, 0.3) is 0 Å². The van der Waals surface area contributed by atoms with Gasteiger partial charge in [-0.25, -0.2) is 0 Å². The second kappa shape index (κ2) is 4.65. The fourth-order valence-corrected chi connectivity index (χ4v) is 3.22. The molecule has 1 aliphatic carbocycles. The maximum atomic E-state index is 12.6. The fraction of sp³-hybridized carbons (Fsp3) is 0.375. The predicted molar refractivity (Wildman–Crippen MR) is 73.5 cm³/mol. The lowest BCUT2D eigenvalue weighted by Gasteiger charge is -2.24. The maximum Gasteiger partial charge on any atom is 0.238 e. The first-order valence-corrected chi connectivity index (χ1v) is 6.83. The molecule has 0 aromatic heterocycles. The van der Waals surface area contributed by atoms with Gasteiger partial charge in [-0.3, -0.25) is 14.5 Å². The molecule has 1 fully saturated rings. The van der Waals surface area contributed by atoms with E-state index >= 15 is 0 Å². The smallest absolute Gasteiger partial charge is 0.238 e. The van der Waals surface area contributed by atoms with Crippen LogP contribution in [0.4, 0.5) is 5.69 Å². The second-order valence-electron chi connectivity index (χ2n) is 5.22. The van der Waals surface area contributed by atoms with Gasteiger partial charge in [0.15, 0.2) is 0 Å². The lowest BCUT2D eigenvalue weighted by atomic mass is 9.76. The van der Waals surface area contributed by atoms with Crippen LogP contribution in [-0.2, 0) is 9.59 Å². The lowest BCUT2D eigenvalue weighted by molar-refractivity contribution is -0.122. The summed E-state index contributed by atoms with van der Waals surface area (Å²) in [6, 6.07) is 9.24. The number of imide groups is 1. The van der Waals surface area contributed by atoms with Crippen LogP contribution in [0.1, 0.15) is 19.8 Å². The molecular weight excluding hydrogens is 238 g/mol. The zero-order valence-corrected chi connectivity index (χ0v) is 11.0. The van der Waals surface area contributed by atoms with E-state index in [1.54, 1.807) is 0 Å². The highest BCUT2D eigenvalue weighted by Gasteiger charge is 2.50. The van der Waals surface area contributed by atoms with Crippen molar-refractivity contribution in [3.05, 3.63) is 42.5 Å². The van der Waals surface area contributed by atoms with Gasteiger partial charge < -0.3 is 0 Å². The fourth-order valence-electron chi connectivity index (χ4n) is 3.22. The van der Waals surface area contributed by atoms with Crippen LogP contribution in [0, 0.1) is 17.8 Å². The molecule has 0 N–H and O–H groups in total. The minimum Gasteiger partial charge on any atom is -0.274 e. The highest BCUT2D eigenvalue weighted by atomic mass is 16.2. The average molecular weight is 255 g/mol. The first kappa shape index (κ1) is 12.2. The van der Waals surface area contributed by atoms with E-state index in [0.29, 0.717) is 12.1 Å². The lowest BCUT2D eigenvalue weighted by Crippen LogP contribution is -2.31. The molecule has 1 aromatic carbocycles. The number of anilines is 1. The monoisotopic (exact) mass is 255 g/mol. The molecule has 0 radical (unpaired) electrons. The Labute approximate surface area is 112 Å². The Morgan fingerprint density at radius 1 is 1.16 bits per heavy atom. The molecule has 1 aromatic rings. The van der Waals surface area contributed by atoms with E-state index in [9.17, 15) is 9.59 Å². The molecule has 0 unspecified atom stereocenters. The van der Waals surface area contributed by atoms with E-state index in [2.05, 4.69) is 19.1 Å². The minimum absolute atomic E-state index is 0.0302. The van der Waals surface area contributed by atoms with Crippen molar-refractivity contribution in [2.24, 2.45) is 17.8 Å². The molecule has 1 saturated heterocycles. The van der Waals surface area contributed by atoms with E-state index in [-0.39, 0.29) is 29.6 Å². The molecule has 2 amide bonds. The van der Waals surface area contributed by atoms with Crippen molar-refractivity contribution in [3.8, 4) is 0 Å². The number of amides is 2. The molecule has 3 rings (SSSR count). The van der Waals surface area contributed by atoms with Crippen molar-refractivity contribution < 1.29 is 9.59 Å². The molecule has 2 aliphatic rings. The van der Waals surface area contributed by atoms with Crippen LogP contribution in [0.5, 0.6) is 0 Å². The SMILES string of the molecule is CC[C@H]1C=CC[C@H]2C(=O)N(c3ccccc3)C(=O)[C@@H]12. The molecule has 98 valence electrons. The Kier molecular flexibility index (Phi) is 2.97. The highest BCUT2D eigenvalue weighted by molar-refractivity contribution is 6.22. The number of fused-ring (bicyclic) bond motifs is 1. The van der Waals surface area contributed by atoms with Crippen LogP contribution in [0.3, 0.4) is 0 Å². The van der Waals surface area contributed by atoms with Gasteiger partial charge in [-0.15, -0.1) is 0 Å². The summed E-state index contributed by atoms with van der Waals surface area (Å²) >= 11 is 0. The number of carbonyl (C=O) groups excluding carboxylic acids is 2. The van der Waals surface area contributed by atoms with Crippen molar-refractivity contribution in [3.63, 3.8) is 0 Å². The normalized spacial score (nSPS) is 29.7. The number of benzene rings is 1. The maximum absolute atomic E-state index is 12.6. The van der Waals surface area contributed by atoms with Crippen molar-refractivity contribution in [1.29, 1.82) is 0 Å². The minimum atomic E-state index is -0.164. The van der Waals surface area contributed by atoms with Crippen LogP contribution in [-0.4, -0.2) is 11.8 Å². The number of para-hydroxylation sites is 1. The number of carbonyl (C=O) groups is 2. The Bertz CT molecular complexity index is 535. The summed E-state index contributed by atoms with van der Waals surface area (Å²) in [7, 11) is 0. The molecule has 3 atom stereocenters. The molecule has 3 heteroatoms. The van der Waals surface area contributed by atoms with Crippen LogP contribution in [0.2, 0.25) is 0 Å². The van der Waals surface area contributed by atoms with Gasteiger partial charge in [-0.1, -0.05) is 37.3 Å². The topological polar surface area (TPSA) is 37.4 Å². The van der Waals surface area contributed by atoms with Crippen molar-refractivity contribution in [2.75, 3.05) is 4.90 Å². The van der Waals surface area contributed by atoms with Gasteiger partial charge in [-0.2, -0.15) is 0 Å². The summed E-state index contributed by atoms with van der Waals surface area (Å²) in [4.78, 5) is 26.5. The largest absolute Gasteiger partial charge is 0.274 e. The Morgan fingerprint density at radius 3 is 2.58 bits per heavy atom. The third-order valence-corrected chi connectivity index (χ3v) is 4.20. The van der Waals surface area contributed by atoms with E-state index in [0.717, 1.165) is 6.42 Å². The molecule has 19 heavy (non-hydrogen) atoms. The summed E-state index contributed by atoms with van der Waals surface area (Å²) in [5.74, 6) is -0.198. The van der Waals surface area contributed by atoms with Crippen molar-refractivity contribution >= 4 is 17.5 Å². The number of hydrogen-bond acceptors (Lipinski definition) is 2. The molecule has 0 spiro atoms. The standard InChI is InChI=1S/C16H17NO2/c1-2-11-7-6-10-13-14(11)16(19)17(15(13)18)12-8-4-3-5-9-12/h3-9,11,13-14H,2,10H2,1H3/t11-,13+,14-/m0/s1. The zero-order valence-electron chi connectivity index (χ0n) is 11.0. The summed E-state index contributed by atoms with van der Waals surface area (Å²) < 4.78 is 0. The first-order chi connectivity index (χ1) is 9.24. The van der Waals surface area contributed by atoms with Gasteiger partial charge in [0.05, 0.1) is 17.5 Å². The van der Waals surface area contributed by atoms with E-state index in [4.69, 9.17) is 0 Å². The highest BCUT2D eigenvalue weighted by Crippen LogP contribution is 2.41. The number of nitrogens with zero attached hydrogens (tertiary/aromatic N) is 1. The zero-order chi connectivity index (χ0) is 13.4. The van der Waals surface area contributed by atoms with Gasteiger partial charge in [0.1, 0.15) is 0 Å². The first-order valence-electron chi connectivity index (χ1n) is 6.83. The third-order valence-electron chi connectivity index (χ3n) is 4.20.